The molecule has 0 spiro atoms. The maximum absolute atomic E-state index is 13.1. The molecule has 0 aliphatic carbocycles. The van der Waals surface area contributed by atoms with Gasteiger partial charge in [0.2, 0.25) is 0 Å². The zero-order chi connectivity index (χ0) is 17.2. The van der Waals surface area contributed by atoms with Crippen LogP contribution < -0.4 is 5.32 Å². The van der Waals surface area contributed by atoms with E-state index in [4.69, 9.17) is 0 Å². The van der Waals surface area contributed by atoms with Crippen molar-refractivity contribution in [2.75, 3.05) is 12.0 Å². The van der Waals surface area contributed by atoms with Crippen LogP contribution in [0.5, 0.6) is 0 Å². The number of hydrogen-bond acceptors (Lipinski definition) is 5. The molecule has 0 bridgehead atoms. The molecule has 4 rings (SSSR count). The van der Waals surface area contributed by atoms with E-state index < -0.39 is 6.67 Å². The molecule has 0 atom stereocenters. The lowest BCUT2D eigenvalue weighted by atomic mass is 10.2. The number of aryl methyl sites for hydroxylation is 1. The third-order valence-electron chi connectivity index (χ3n) is 3.58. The number of hydrogen-bond donors (Lipinski definition) is 1. The van der Waals surface area contributed by atoms with Crippen molar-refractivity contribution in [3.8, 4) is 11.4 Å². The normalized spacial score (nSPS) is 11.1. The Labute approximate surface area is 140 Å². The van der Waals surface area contributed by atoms with Gasteiger partial charge in [0.1, 0.15) is 12.5 Å². The molecule has 4 aromatic rings. The molecule has 0 fully saturated rings. The Hall–Kier alpha value is -3.36. The second-order valence-corrected chi connectivity index (χ2v) is 5.33. The van der Waals surface area contributed by atoms with Crippen molar-refractivity contribution in [3.63, 3.8) is 0 Å². The van der Waals surface area contributed by atoms with Crippen LogP contribution in [-0.2, 0) is 6.54 Å². The Morgan fingerprint density at radius 3 is 2.68 bits per heavy atom. The molecule has 0 saturated heterocycles. The molecule has 3 heterocycles. The van der Waals surface area contributed by atoms with Crippen LogP contribution in [0.25, 0.3) is 17.0 Å². The van der Waals surface area contributed by atoms with Gasteiger partial charge >= 0.3 is 0 Å². The molecule has 1 aromatic carbocycles. The number of benzene rings is 1. The van der Waals surface area contributed by atoms with Crippen molar-refractivity contribution in [1.29, 1.82) is 0 Å². The highest BCUT2D eigenvalue weighted by Crippen LogP contribution is 2.20. The van der Waals surface area contributed by atoms with Crippen molar-refractivity contribution in [3.05, 3.63) is 54.6 Å². The summed E-state index contributed by atoms with van der Waals surface area (Å²) >= 11 is 0. The molecule has 9 heteroatoms. The predicted molar refractivity (Wildman–Crippen MR) is 87.7 cm³/mol. The number of nitrogens with one attached hydrogen (secondary N) is 1. The van der Waals surface area contributed by atoms with E-state index >= 15 is 0 Å². The molecule has 0 aliphatic rings. The predicted octanol–water partition coefficient (Wildman–Crippen LogP) is 2.84. The minimum absolute atomic E-state index is 0.203. The first-order valence-electron chi connectivity index (χ1n) is 7.57. The lowest BCUT2D eigenvalue weighted by molar-refractivity contribution is 0.427. The van der Waals surface area contributed by atoms with Gasteiger partial charge < -0.3 is 5.32 Å². The fourth-order valence-electron chi connectivity index (χ4n) is 2.42. The van der Waals surface area contributed by atoms with Crippen molar-refractivity contribution in [2.24, 2.45) is 0 Å². The third kappa shape index (κ3) is 3.03. The van der Waals surface area contributed by atoms with E-state index in [9.17, 15) is 8.78 Å². The lowest BCUT2D eigenvalue weighted by Crippen LogP contribution is -2.01. The molecule has 25 heavy (non-hydrogen) atoms. The zero-order valence-electron chi connectivity index (χ0n) is 13.0. The van der Waals surface area contributed by atoms with Crippen LogP contribution in [0.1, 0.15) is 0 Å². The van der Waals surface area contributed by atoms with E-state index in [1.165, 1.54) is 16.8 Å². The van der Waals surface area contributed by atoms with Gasteiger partial charge in [-0.3, -0.25) is 4.68 Å². The topological polar surface area (TPSA) is 72.9 Å². The number of nitrogens with zero attached hydrogens (tertiary/aromatic N) is 6. The van der Waals surface area contributed by atoms with Gasteiger partial charge in [0, 0.05) is 11.8 Å². The molecule has 1 N–H and O–H groups in total. The Balaban J connectivity index is 1.66. The highest BCUT2D eigenvalue weighted by atomic mass is 19.1. The van der Waals surface area contributed by atoms with E-state index in [2.05, 4.69) is 25.7 Å². The standard InChI is InChI=1S/C16H13F2N7/c17-7-8-24-10-13(9-19-24)20-14-5-6-15-21-22-16(25(15)23-14)11-1-3-12(18)4-2-11/h1-6,9-10H,7-8H2,(H,20,23). The van der Waals surface area contributed by atoms with Crippen LogP contribution in [0.4, 0.5) is 20.3 Å². The van der Waals surface area contributed by atoms with Crippen molar-refractivity contribution >= 4 is 17.2 Å². The molecular formula is C16H13F2N7. The summed E-state index contributed by atoms with van der Waals surface area (Å²) in [4.78, 5) is 0. The summed E-state index contributed by atoms with van der Waals surface area (Å²) in [6.07, 6.45) is 3.28. The largest absolute Gasteiger partial charge is 0.336 e. The summed E-state index contributed by atoms with van der Waals surface area (Å²) < 4.78 is 28.5. The van der Waals surface area contributed by atoms with E-state index in [1.54, 1.807) is 41.2 Å². The van der Waals surface area contributed by atoms with Crippen LogP contribution in [0, 0.1) is 5.82 Å². The molecule has 7 nitrogen and oxygen atoms in total. The summed E-state index contributed by atoms with van der Waals surface area (Å²) in [6, 6.07) is 9.48. The highest BCUT2D eigenvalue weighted by molar-refractivity contribution is 5.61. The Morgan fingerprint density at radius 1 is 1.04 bits per heavy atom. The van der Waals surface area contributed by atoms with Crippen LogP contribution in [0.2, 0.25) is 0 Å². The summed E-state index contributed by atoms with van der Waals surface area (Å²) in [6.45, 7) is -0.276. The van der Waals surface area contributed by atoms with Gasteiger partial charge in [-0.05, 0) is 36.4 Å². The van der Waals surface area contributed by atoms with E-state index in [-0.39, 0.29) is 12.4 Å². The SMILES string of the molecule is FCCn1cc(Nc2ccc3nnc(-c4ccc(F)cc4)n3n2)cn1. The molecule has 0 amide bonds. The molecule has 126 valence electrons. The monoisotopic (exact) mass is 341 g/mol. The first-order valence-corrected chi connectivity index (χ1v) is 7.57. The first kappa shape index (κ1) is 15.2. The fourth-order valence-corrected chi connectivity index (χ4v) is 2.42. The maximum Gasteiger partial charge on any atom is 0.185 e. The quantitative estimate of drug-likeness (QED) is 0.604. The number of halogens is 2. The third-order valence-corrected chi connectivity index (χ3v) is 3.58. The summed E-state index contributed by atoms with van der Waals surface area (Å²) in [7, 11) is 0. The highest BCUT2D eigenvalue weighted by Gasteiger charge is 2.10. The van der Waals surface area contributed by atoms with Gasteiger partial charge in [-0.2, -0.15) is 9.61 Å². The number of aromatic nitrogens is 6. The van der Waals surface area contributed by atoms with Gasteiger partial charge in [0.05, 0.1) is 18.4 Å². The second-order valence-electron chi connectivity index (χ2n) is 5.33. The number of anilines is 2. The summed E-state index contributed by atoms with van der Waals surface area (Å²) in [5, 5.41) is 19.8. The minimum atomic E-state index is -0.479. The Kier molecular flexibility index (Phi) is 3.81. The number of alkyl halides is 1. The molecule has 0 aliphatic heterocycles. The van der Waals surface area contributed by atoms with E-state index in [0.29, 0.717) is 28.5 Å². The van der Waals surface area contributed by atoms with Crippen molar-refractivity contribution in [2.45, 2.75) is 6.54 Å². The first-order chi connectivity index (χ1) is 12.2. The molecule has 3 aromatic heterocycles. The average Bonchev–Trinajstić information content (AvgIpc) is 3.23. The van der Waals surface area contributed by atoms with Crippen LogP contribution in [-0.4, -0.2) is 36.3 Å². The van der Waals surface area contributed by atoms with Gasteiger partial charge in [0.25, 0.3) is 0 Å². The van der Waals surface area contributed by atoms with Crippen molar-refractivity contribution < 1.29 is 8.78 Å². The molecule has 0 radical (unpaired) electrons. The average molecular weight is 341 g/mol. The summed E-state index contributed by atoms with van der Waals surface area (Å²) in [5.41, 5.74) is 1.96. The van der Waals surface area contributed by atoms with Gasteiger partial charge in [-0.1, -0.05) is 0 Å². The number of fused-ring (bicyclic) bond motifs is 1. The van der Waals surface area contributed by atoms with Gasteiger partial charge in [-0.25, -0.2) is 8.78 Å². The van der Waals surface area contributed by atoms with E-state index in [1.807, 2.05) is 0 Å². The van der Waals surface area contributed by atoms with Gasteiger partial charge in [0.15, 0.2) is 17.3 Å². The van der Waals surface area contributed by atoms with Gasteiger partial charge in [-0.15, -0.1) is 15.3 Å². The molecular weight excluding hydrogens is 328 g/mol. The maximum atomic E-state index is 13.1. The summed E-state index contributed by atoms with van der Waals surface area (Å²) in [5.74, 6) is 0.736. The van der Waals surface area contributed by atoms with Crippen molar-refractivity contribution in [1.82, 2.24) is 29.6 Å². The molecule has 0 unspecified atom stereocenters. The zero-order valence-corrected chi connectivity index (χ0v) is 13.0. The Morgan fingerprint density at radius 2 is 1.88 bits per heavy atom. The minimum Gasteiger partial charge on any atom is -0.336 e. The van der Waals surface area contributed by atoms with Crippen LogP contribution in [0.15, 0.2) is 48.8 Å². The fraction of sp³-hybridized carbons (Fsp3) is 0.125. The van der Waals surface area contributed by atoms with Crippen LogP contribution in [0.3, 0.4) is 0 Å². The molecule has 0 saturated carbocycles. The second kappa shape index (κ2) is 6.27. The lowest BCUT2D eigenvalue weighted by Gasteiger charge is -2.04. The smallest absolute Gasteiger partial charge is 0.185 e. The Bertz CT molecular complexity index is 1010. The number of rotatable bonds is 5. The van der Waals surface area contributed by atoms with Crippen LogP contribution >= 0.6 is 0 Å². The van der Waals surface area contributed by atoms with E-state index in [0.717, 1.165) is 0 Å².